The van der Waals surface area contributed by atoms with E-state index in [2.05, 4.69) is 36.7 Å². The SMILES string of the molecule is Cc1cccc(C)c1Oc1cc(C(C)(C)C)cc(CBr)c1O. The molecule has 0 aliphatic carbocycles. The summed E-state index contributed by atoms with van der Waals surface area (Å²) in [4.78, 5) is 0. The number of halogens is 1. The Labute approximate surface area is 141 Å². The molecule has 0 spiro atoms. The minimum atomic E-state index is -0.0104. The Morgan fingerprint density at radius 1 is 1.09 bits per heavy atom. The van der Waals surface area contributed by atoms with Gasteiger partial charge in [-0.25, -0.2) is 0 Å². The normalized spacial score (nSPS) is 11.5. The third kappa shape index (κ3) is 3.46. The molecular formula is C19H23BrO2. The van der Waals surface area contributed by atoms with E-state index in [9.17, 15) is 5.11 Å². The van der Waals surface area contributed by atoms with Gasteiger partial charge in [-0.05, 0) is 42.0 Å². The summed E-state index contributed by atoms with van der Waals surface area (Å²) in [6, 6.07) is 10.00. The van der Waals surface area contributed by atoms with E-state index in [-0.39, 0.29) is 11.2 Å². The topological polar surface area (TPSA) is 29.5 Å². The Morgan fingerprint density at radius 3 is 2.18 bits per heavy atom. The van der Waals surface area contributed by atoms with Crippen LogP contribution in [0.5, 0.6) is 17.2 Å². The summed E-state index contributed by atoms with van der Waals surface area (Å²) in [6.07, 6.45) is 0. The molecule has 0 aliphatic heterocycles. The number of alkyl halides is 1. The molecule has 0 atom stereocenters. The molecule has 0 bridgehead atoms. The summed E-state index contributed by atoms with van der Waals surface area (Å²) in [7, 11) is 0. The van der Waals surface area contributed by atoms with Gasteiger partial charge in [0, 0.05) is 10.9 Å². The van der Waals surface area contributed by atoms with Gasteiger partial charge in [0.05, 0.1) is 0 Å². The first-order valence-corrected chi connectivity index (χ1v) is 8.52. The first-order chi connectivity index (χ1) is 10.2. The van der Waals surface area contributed by atoms with Crippen molar-refractivity contribution in [3.8, 4) is 17.2 Å². The fourth-order valence-corrected chi connectivity index (χ4v) is 2.78. The second-order valence-electron chi connectivity index (χ2n) is 6.69. The molecule has 118 valence electrons. The smallest absolute Gasteiger partial charge is 0.169 e. The lowest BCUT2D eigenvalue weighted by Crippen LogP contribution is -2.11. The van der Waals surface area contributed by atoms with Gasteiger partial charge in [-0.3, -0.25) is 0 Å². The fourth-order valence-electron chi connectivity index (χ4n) is 2.35. The van der Waals surface area contributed by atoms with Crippen LogP contribution in [0.15, 0.2) is 30.3 Å². The lowest BCUT2D eigenvalue weighted by molar-refractivity contribution is 0.403. The van der Waals surface area contributed by atoms with Gasteiger partial charge in [0.25, 0.3) is 0 Å². The number of aromatic hydroxyl groups is 1. The molecule has 0 radical (unpaired) electrons. The summed E-state index contributed by atoms with van der Waals surface area (Å²) < 4.78 is 6.08. The first-order valence-electron chi connectivity index (χ1n) is 7.40. The maximum absolute atomic E-state index is 10.5. The Morgan fingerprint density at radius 2 is 1.68 bits per heavy atom. The molecule has 2 aromatic rings. The number of phenolic OH excluding ortho intramolecular Hbond substituents is 1. The second kappa shape index (κ2) is 6.33. The maximum Gasteiger partial charge on any atom is 0.169 e. The van der Waals surface area contributed by atoms with Crippen LogP contribution in [0.3, 0.4) is 0 Å². The van der Waals surface area contributed by atoms with Crippen LogP contribution in [-0.4, -0.2) is 5.11 Å². The van der Waals surface area contributed by atoms with Gasteiger partial charge in [0.1, 0.15) is 5.75 Å². The van der Waals surface area contributed by atoms with Crippen molar-refractivity contribution < 1.29 is 9.84 Å². The van der Waals surface area contributed by atoms with E-state index in [0.29, 0.717) is 11.1 Å². The number of phenols is 1. The van der Waals surface area contributed by atoms with Crippen LogP contribution in [0.2, 0.25) is 0 Å². The molecule has 0 amide bonds. The molecule has 0 aliphatic rings. The van der Waals surface area contributed by atoms with Gasteiger partial charge in [0.15, 0.2) is 11.5 Å². The van der Waals surface area contributed by atoms with Gasteiger partial charge in [-0.1, -0.05) is 61.0 Å². The van der Waals surface area contributed by atoms with Crippen molar-refractivity contribution in [2.45, 2.75) is 45.4 Å². The number of aryl methyl sites for hydroxylation is 2. The molecule has 1 N–H and O–H groups in total. The van der Waals surface area contributed by atoms with E-state index in [1.165, 1.54) is 0 Å². The molecule has 0 fully saturated rings. The predicted octanol–water partition coefficient (Wildman–Crippen LogP) is 5.99. The van der Waals surface area contributed by atoms with E-state index in [1.807, 2.05) is 44.2 Å². The van der Waals surface area contributed by atoms with Crippen LogP contribution in [0, 0.1) is 13.8 Å². The quantitative estimate of drug-likeness (QED) is 0.679. The number of hydrogen-bond acceptors (Lipinski definition) is 2. The van der Waals surface area contributed by atoms with Crippen LogP contribution < -0.4 is 4.74 Å². The number of rotatable bonds is 3. The molecular weight excluding hydrogens is 340 g/mol. The summed E-state index contributed by atoms with van der Waals surface area (Å²) >= 11 is 3.44. The van der Waals surface area contributed by atoms with Gasteiger partial charge in [-0.15, -0.1) is 0 Å². The lowest BCUT2D eigenvalue weighted by Gasteiger charge is -2.22. The summed E-state index contributed by atoms with van der Waals surface area (Å²) in [5.41, 5.74) is 4.08. The van der Waals surface area contributed by atoms with Crippen LogP contribution >= 0.6 is 15.9 Å². The number of hydrogen-bond donors (Lipinski definition) is 1. The Hall–Kier alpha value is -1.48. The van der Waals surface area contributed by atoms with Crippen molar-refractivity contribution in [2.75, 3.05) is 0 Å². The minimum Gasteiger partial charge on any atom is -0.504 e. The van der Waals surface area contributed by atoms with Gasteiger partial charge in [-0.2, -0.15) is 0 Å². The van der Waals surface area contributed by atoms with Crippen molar-refractivity contribution in [1.82, 2.24) is 0 Å². The summed E-state index contributed by atoms with van der Waals surface area (Å²) in [5.74, 6) is 1.52. The van der Waals surface area contributed by atoms with Crippen LogP contribution in [0.1, 0.15) is 43.0 Å². The molecule has 22 heavy (non-hydrogen) atoms. The highest BCUT2D eigenvalue weighted by molar-refractivity contribution is 9.08. The van der Waals surface area contributed by atoms with E-state index >= 15 is 0 Å². The van der Waals surface area contributed by atoms with Crippen LogP contribution in [0.4, 0.5) is 0 Å². The average Bonchev–Trinajstić information content (AvgIpc) is 2.43. The number of benzene rings is 2. The summed E-state index contributed by atoms with van der Waals surface area (Å²) in [5, 5.41) is 11.1. The van der Waals surface area contributed by atoms with E-state index < -0.39 is 0 Å². The zero-order valence-electron chi connectivity index (χ0n) is 13.8. The summed E-state index contributed by atoms with van der Waals surface area (Å²) in [6.45, 7) is 10.5. The predicted molar refractivity (Wildman–Crippen MR) is 95.4 cm³/mol. The highest BCUT2D eigenvalue weighted by atomic mass is 79.9. The Bertz CT molecular complexity index is 664. The molecule has 0 saturated heterocycles. The zero-order chi connectivity index (χ0) is 16.5. The van der Waals surface area contributed by atoms with Gasteiger partial charge >= 0.3 is 0 Å². The van der Waals surface area contributed by atoms with Crippen molar-refractivity contribution >= 4 is 15.9 Å². The third-order valence-corrected chi connectivity index (χ3v) is 4.39. The van der Waals surface area contributed by atoms with E-state index in [1.54, 1.807) is 0 Å². The first kappa shape index (κ1) is 16.9. The van der Waals surface area contributed by atoms with Gasteiger partial charge < -0.3 is 9.84 Å². The Kier molecular flexibility index (Phi) is 4.86. The highest BCUT2D eigenvalue weighted by Gasteiger charge is 2.20. The van der Waals surface area contributed by atoms with Crippen LogP contribution in [0.25, 0.3) is 0 Å². The van der Waals surface area contributed by atoms with Crippen molar-refractivity contribution in [2.24, 2.45) is 0 Å². The van der Waals surface area contributed by atoms with E-state index in [4.69, 9.17) is 4.74 Å². The van der Waals surface area contributed by atoms with Crippen LogP contribution in [-0.2, 0) is 10.7 Å². The molecule has 2 aromatic carbocycles. The monoisotopic (exact) mass is 362 g/mol. The van der Waals surface area contributed by atoms with Crippen molar-refractivity contribution in [3.05, 3.63) is 52.6 Å². The third-order valence-electron chi connectivity index (χ3n) is 3.78. The zero-order valence-corrected chi connectivity index (χ0v) is 15.4. The minimum absolute atomic E-state index is 0.0104. The second-order valence-corrected chi connectivity index (χ2v) is 7.25. The average molecular weight is 363 g/mol. The van der Waals surface area contributed by atoms with Crippen molar-refractivity contribution in [3.63, 3.8) is 0 Å². The fraction of sp³-hybridized carbons (Fsp3) is 0.368. The molecule has 0 saturated carbocycles. The molecule has 3 heteroatoms. The molecule has 0 heterocycles. The maximum atomic E-state index is 10.5. The lowest BCUT2D eigenvalue weighted by atomic mass is 9.86. The standard InChI is InChI=1S/C19H23BrO2/c1-12-7-6-8-13(2)18(12)22-16-10-15(19(3,4)5)9-14(11-20)17(16)21/h6-10,21H,11H2,1-5H3. The number of ether oxygens (including phenoxy) is 1. The molecule has 2 nitrogen and oxygen atoms in total. The number of para-hydroxylation sites is 1. The largest absolute Gasteiger partial charge is 0.504 e. The Balaban J connectivity index is 2.55. The van der Waals surface area contributed by atoms with Crippen molar-refractivity contribution in [1.29, 1.82) is 0 Å². The molecule has 2 rings (SSSR count). The van der Waals surface area contributed by atoms with E-state index in [0.717, 1.165) is 28.0 Å². The highest BCUT2D eigenvalue weighted by Crippen LogP contribution is 2.40. The molecule has 0 unspecified atom stereocenters. The molecule has 0 aromatic heterocycles. The van der Waals surface area contributed by atoms with Gasteiger partial charge in [0.2, 0.25) is 0 Å².